The molecular weight excluding hydrogens is 482 g/mol. The second-order valence-electron chi connectivity index (χ2n) is 9.45. The van der Waals surface area contributed by atoms with Gasteiger partial charge in [-0.2, -0.15) is 8.42 Å². The van der Waals surface area contributed by atoms with Gasteiger partial charge in [-0.1, -0.05) is 24.3 Å². The van der Waals surface area contributed by atoms with Crippen molar-refractivity contribution >= 4 is 16.1 Å². The van der Waals surface area contributed by atoms with E-state index in [4.69, 9.17) is 13.3 Å². The lowest BCUT2D eigenvalue weighted by Crippen LogP contribution is -2.38. The third-order valence-corrected chi connectivity index (χ3v) is 6.14. The number of carboxylic acids is 1. The highest BCUT2D eigenvalue weighted by Gasteiger charge is 2.30. The molecule has 3 aromatic rings. The Labute approximate surface area is 212 Å². The smallest absolute Gasteiger partial charge is 0.347 e. The number of hydrogen-bond donors (Lipinski definition) is 1. The van der Waals surface area contributed by atoms with Gasteiger partial charge in [-0.25, -0.2) is 4.79 Å². The van der Waals surface area contributed by atoms with E-state index in [9.17, 15) is 18.3 Å². The van der Waals surface area contributed by atoms with Crippen LogP contribution in [-0.2, 0) is 34.4 Å². The molecule has 0 amide bonds. The zero-order valence-corrected chi connectivity index (χ0v) is 22.1. The van der Waals surface area contributed by atoms with Gasteiger partial charge in [0.2, 0.25) is 0 Å². The van der Waals surface area contributed by atoms with Gasteiger partial charge in [0.25, 0.3) is 0 Å². The Kier molecular flexibility index (Phi) is 8.47. The topological polar surface area (TPSA) is 106 Å². The number of nitrogens with zero attached hydrogens (tertiary/aromatic N) is 1. The molecule has 9 heteroatoms. The van der Waals surface area contributed by atoms with Crippen LogP contribution in [0, 0.1) is 13.8 Å². The number of carboxylic acid groups (broad SMARTS) is 1. The average Bonchev–Trinajstić information content (AvgIpc) is 3.27. The van der Waals surface area contributed by atoms with Crippen LogP contribution in [0.25, 0.3) is 0 Å². The van der Waals surface area contributed by atoms with Crippen LogP contribution < -0.4 is 8.92 Å². The van der Waals surface area contributed by atoms with E-state index in [0.29, 0.717) is 18.8 Å². The fourth-order valence-corrected chi connectivity index (χ4v) is 4.32. The van der Waals surface area contributed by atoms with Gasteiger partial charge in [-0.3, -0.25) is 4.90 Å². The van der Waals surface area contributed by atoms with Crippen molar-refractivity contribution in [2.24, 2.45) is 0 Å². The summed E-state index contributed by atoms with van der Waals surface area (Å²) < 4.78 is 39.0. The van der Waals surface area contributed by atoms with Crippen molar-refractivity contribution in [2.45, 2.75) is 52.8 Å². The SMILES string of the molecule is Cc1cc(CN(CCc2ccc(OS(C)(=O)=O)cc2)Cc2ccco2)cc(C)c1OC(C)(C)C(=O)O. The van der Waals surface area contributed by atoms with Crippen LogP contribution in [0.5, 0.6) is 11.5 Å². The number of ether oxygens (including phenoxy) is 1. The summed E-state index contributed by atoms with van der Waals surface area (Å²) >= 11 is 0. The van der Waals surface area contributed by atoms with E-state index in [1.807, 2.05) is 50.2 Å². The van der Waals surface area contributed by atoms with Gasteiger partial charge in [-0.05, 0) is 80.6 Å². The number of hydrogen-bond acceptors (Lipinski definition) is 7. The molecule has 36 heavy (non-hydrogen) atoms. The van der Waals surface area contributed by atoms with E-state index < -0.39 is 21.7 Å². The summed E-state index contributed by atoms with van der Waals surface area (Å²) in [6.07, 6.45) is 3.41. The van der Waals surface area contributed by atoms with Gasteiger partial charge in [0, 0.05) is 13.1 Å². The Morgan fingerprint density at radius 3 is 2.19 bits per heavy atom. The Hall–Kier alpha value is -3.30. The van der Waals surface area contributed by atoms with Crippen LogP contribution in [-0.4, -0.2) is 42.8 Å². The largest absolute Gasteiger partial charge is 0.478 e. The Balaban J connectivity index is 1.74. The van der Waals surface area contributed by atoms with Crippen molar-refractivity contribution in [1.82, 2.24) is 4.90 Å². The van der Waals surface area contributed by atoms with Gasteiger partial charge >= 0.3 is 16.1 Å². The summed E-state index contributed by atoms with van der Waals surface area (Å²) in [5, 5.41) is 9.42. The maximum Gasteiger partial charge on any atom is 0.347 e. The lowest BCUT2D eigenvalue weighted by molar-refractivity contribution is -0.152. The quantitative estimate of drug-likeness (QED) is 0.345. The van der Waals surface area contributed by atoms with Crippen LogP contribution in [0.1, 0.15) is 41.9 Å². The number of aliphatic carboxylic acids is 1. The minimum absolute atomic E-state index is 0.285. The molecule has 0 spiro atoms. The summed E-state index contributed by atoms with van der Waals surface area (Å²) in [4.78, 5) is 13.8. The number of aryl methyl sites for hydroxylation is 2. The van der Waals surface area contributed by atoms with Gasteiger partial charge in [0.05, 0.1) is 19.1 Å². The molecule has 1 heterocycles. The van der Waals surface area contributed by atoms with E-state index in [-0.39, 0.29) is 5.75 Å². The van der Waals surface area contributed by atoms with Crippen LogP contribution >= 0.6 is 0 Å². The molecule has 3 rings (SSSR count). The van der Waals surface area contributed by atoms with E-state index in [0.717, 1.165) is 47.2 Å². The molecule has 0 radical (unpaired) electrons. The van der Waals surface area contributed by atoms with Crippen LogP contribution in [0.4, 0.5) is 0 Å². The predicted octanol–water partition coefficient (Wildman–Crippen LogP) is 4.72. The summed E-state index contributed by atoms with van der Waals surface area (Å²) in [7, 11) is -3.56. The first-order chi connectivity index (χ1) is 16.8. The summed E-state index contributed by atoms with van der Waals surface area (Å²) in [5.74, 6) is 0.697. The number of furan rings is 1. The number of benzene rings is 2. The van der Waals surface area contributed by atoms with Crippen molar-refractivity contribution in [2.75, 3.05) is 12.8 Å². The average molecular weight is 516 g/mol. The van der Waals surface area contributed by atoms with Crippen molar-refractivity contribution in [3.05, 3.63) is 82.8 Å². The molecule has 0 aliphatic rings. The zero-order chi connectivity index (χ0) is 26.5. The molecule has 1 aromatic heterocycles. The highest BCUT2D eigenvalue weighted by molar-refractivity contribution is 7.86. The summed E-state index contributed by atoms with van der Waals surface area (Å²) in [6, 6.07) is 14.9. The molecule has 8 nitrogen and oxygen atoms in total. The van der Waals surface area contributed by atoms with Crippen molar-refractivity contribution < 1.29 is 31.7 Å². The molecule has 0 fully saturated rings. The summed E-state index contributed by atoms with van der Waals surface area (Å²) in [5.41, 5.74) is 2.54. The molecule has 0 saturated heterocycles. The monoisotopic (exact) mass is 515 g/mol. The Morgan fingerprint density at radius 1 is 1.03 bits per heavy atom. The van der Waals surface area contributed by atoms with Gasteiger partial charge in [-0.15, -0.1) is 0 Å². The Morgan fingerprint density at radius 2 is 1.67 bits per heavy atom. The maximum atomic E-state index is 11.5. The summed E-state index contributed by atoms with van der Waals surface area (Å²) in [6.45, 7) is 8.90. The molecule has 0 aliphatic carbocycles. The highest BCUT2D eigenvalue weighted by Crippen LogP contribution is 2.29. The predicted molar refractivity (Wildman–Crippen MR) is 137 cm³/mol. The van der Waals surface area contributed by atoms with E-state index in [1.54, 1.807) is 18.4 Å². The van der Waals surface area contributed by atoms with Gasteiger partial charge in [0.15, 0.2) is 5.60 Å². The highest BCUT2D eigenvalue weighted by atomic mass is 32.2. The lowest BCUT2D eigenvalue weighted by Gasteiger charge is -2.26. The minimum atomic E-state index is -3.56. The van der Waals surface area contributed by atoms with Crippen LogP contribution in [0.15, 0.2) is 59.2 Å². The fourth-order valence-electron chi connectivity index (χ4n) is 3.86. The van der Waals surface area contributed by atoms with Crippen LogP contribution in [0.3, 0.4) is 0 Å². The molecular formula is C27H33NO7S. The standard InChI is InChI=1S/C27H33NO7S/c1-19-15-22(16-20(2)25(19)34-27(3,4)26(29)30)17-28(18-24-7-6-14-33-24)13-12-21-8-10-23(11-9-21)35-36(5,31)32/h6-11,14-16H,12-13,17-18H2,1-5H3,(H,29,30). The minimum Gasteiger partial charge on any atom is -0.478 e. The second-order valence-corrected chi connectivity index (χ2v) is 11.0. The van der Waals surface area contributed by atoms with E-state index >= 15 is 0 Å². The molecule has 2 aromatic carbocycles. The first-order valence-corrected chi connectivity index (χ1v) is 13.4. The van der Waals surface area contributed by atoms with E-state index in [2.05, 4.69) is 4.90 Å². The van der Waals surface area contributed by atoms with Crippen molar-refractivity contribution in [3.63, 3.8) is 0 Å². The lowest BCUT2D eigenvalue weighted by atomic mass is 10.0. The normalized spacial score (nSPS) is 12.1. The first-order valence-electron chi connectivity index (χ1n) is 11.6. The van der Waals surface area contributed by atoms with Gasteiger partial charge in [0.1, 0.15) is 17.3 Å². The molecule has 0 atom stereocenters. The van der Waals surface area contributed by atoms with E-state index in [1.165, 1.54) is 13.8 Å². The molecule has 0 saturated carbocycles. The number of carbonyl (C=O) groups is 1. The number of rotatable bonds is 12. The zero-order valence-electron chi connectivity index (χ0n) is 21.3. The third kappa shape index (κ3) is 7.86. The fraction of sp³-hybridized carbons (Fsp3) is 0.370. The Bertz CT molecular complexity index is 1260. The second kappa shape index (κ2) is 11.2. The van der Waals surface area contributed by atoms with Crippen LogP contribution in [0.2, 0.25) is 0 Å². The molecule has 0 unspecified atom stereocenters. The van der Waals surface area contributed by atoms with Gasteiger partial charge < -0.3 is 18.4 Å². The first kappa shape index (κ1) is 27.3. The molecule has 1 N–H and O–H groups in total. The molecule has 0 bridgehead atoms. The molecule has 0 aliphatic heterocycles. The molecule has 194 valence electrons. The van der Waals surface area contributed by atoms with Crippen molar-refractivity contribution in [1.29, 1.82) is 0 Å². The maximum absolute atomic E-state index is 11.5. The third-order valence-electron chi connectivity index (χ3n) is 5.65. The van der Waals surface area contributed by atoms with Crippen molar-refractivity contribution in [3.8, 4) is 11.5 Å².